The molecule has 0 N–H and O–H groups in total. The lowest BCUT2D eigenvalue weighted by atomic mass is 10.0. The smallest absolute Gasteiger partial charge is 0.224 e. The van der Waals surface area contributed by atoms with Crippen molar-refractivity contribution in [1.29, 1.82) is 0 Å². The largest absolute Gasteiger partial charge is 0.371 e. The van der Waals surface area contributed by atoms with Gasteiger partial charge in [-0.1, -0.05) is 11.6 Å². The molecule has 0 saturated carbocycles. The van der Waals surface area contributed by atoms with Crippen molar-refractivity contribution >= 4 is 71.0 Å². The van der Waals surface area contributed by atoms with Crippen LogP contribution in [0.5, 0.6) is 0 Å². The van der Waals surface area contributed by atoms with E-state index in [0.717, 1.165) is 0 Å². The SMILES string of the molecule is FC(F)(Cl)[C@](F)(Br)C(F)(F)[C@](F)(Br)CC(F)(F)[C@@](F)(Cl)Br. The lowest BCUT2D eigenvalue weighted by Crippen LogP contribution is -2.60. The molecule has 21 heavy (non-hydrogen) atoms. The lowest BCUT2D eigenvalue weighted by Gasteiger charge is -2.39. The summed E-state index contributed by atoms with van der Waals surface area (Å²) in [4.78, 5) is 0. The van der Waals surface area contributed by atoms with E-state index in [0.29, 0.717) is 0 Å². The number of rotatable bonds is 6. The van der Waals surface area contributed by atoms with Gasteiger partial charge in [0.1, 0.15) is 0 Å². The van der Waals surface area contributed by atoms with E-state index in [4.69, 9.17) is 0 Å². The maximum atomic E-state index is 13.7. The normalized spacial score (nSPS) is 23.1. The third-order valence-electron chi connectivity index (χ3n) is 2.07. The Balaban J connectivity index is 5.71. The number of alkyl halides is 14. The zero-order chi connectivity index (χ0) is 17.7. The minimum absolute atomic E-state index is 1.17. The van der Waals surface area contributed by atoms with Crippen LogP contribution in [0.4, 0.5) is 39.5 Å². The second-order valence-corrected chi connectivity index (χ2v) is 8.62. The van der Waals surface area contributed by atoms with Crippen LogP contribution in [0, 0.1) is 0 Å². The van der Waals surface area contributed by atoms with Crippen molar-refractivity contribution in [3.05, 3.63) is 0 Å². The zero-order valence-electron chi connectivity index (χ0n) is 9.00. The molecule has 0 aliphatic rings. The van der Waals surface area contributed by atoms with Crippen LogP contribution in [0.15, 0.2) is 0 Å². The van der Waals surface area contributed by atoms with Crippen molar-refractivity contribution in [2.45, 2.75) is 36.8 Å². The van der Waals surface area contributed by atoms with Crippen LogP contribution >= 0.6 is 71.0 Å². The van der Waals surface area contributed by atoms with Gasteiger partial charge >= 0.3 is 25.8 Å². The Bertz CT molecular complexity index is 388. The van der Waals surface area contributed by atoms with Gasteiger partial charge in [-0.2, -0.15) is 17.6 Å². The molecule has 3 atom stereocenters. The number of halogens is 14. The van der Waals surface area contributed by atoms with Crippen LogP contribution in [-0.4, -0.2) is 30.4 Å². The molecule has 0 aliphatic heterocycles. The third kappa shape index (κ3) is 4.27. The first-order valence-electron chi connectivity index (χ1n) is 4.35. The molecule has 14 heteroatoms. The second-order valence-electron chi connectivity index (χ2n) is 3.73. The minimum Gasteiger partial charge on any atom is -0.224 e. The van der Waals surface area contributed by atoms with Crippen molar-refractivity contribution < 1.29 is 39.5 Å². The summed E-state index contributed by atoms with van der Waals surface area (Å²) in [5, 5.41) is -5.39. The van der Waals surface area contributed by atoms with Crippen LogP contribution in [0.1, 0.15) is 6.42 Å². The quantitative estimate of drug-likeness (QED) is 0.243. The summed E-state index contributed by atoms with van der Waals surface area (Å²) in [5.74, 6) is -10.9. The molecule has 0 heterocycles. The molecule has 0 unspecified atom stereocenters. The molecule has 0 amide bonds. The van der Waals surface area contributed by atoms with Gasteiger partial charge in [-0.05, 0) is 59.4 Å². The monoisotopic (exact) mass is 564 g/mol. The molecule has 0 aromatic heterocycles. The van der Waals surface area contributed by atoms with Crippen LogP contribution < -0.4 is 0 Å². The molecular weight excluding hydrogens is 566 g/mol. The first-order valence-corrected chi connectivity index (χ1v) is 7.49. The summed E-state index contributed by atoms with van der Waals surface area (Å²) in [6, 6.07) is 0. The van der Waals surface area contributed by atoms with Gasteiger partial charge in [0.2, 0.25) is 4.58 Å². The first-order chi connectivity index (χ1) is 8.71. The maximum Gasteiger partial charge on any atom is 0.371 e. The van der Waals surface area contributed by atoms with E-state index in [-0.39, 0.29) is 0 Å². The van der Waals surface area contributed by atoms with Gasteiger partial charge in [0.05, 0.1) is 6.42 Å². The van der Waals surface area contributed by atoms with E-state index in [2.05, 4.69) is 23.2 Å². The number of hydrogen-bond donors (Lipinski definition) is 0. The fourth-order valence-electron chi connectivity index (χ4n) is 0.898. The Morgan fingerprint density at radius 3 is 1.29 bits per heavy atom. The Morgan fingerprint density at radius 2 is 1.05 bits per heavy atom. The van der Waals surface area contributed by atoms with Crippen molar-refractivity contribution in [2.24, 2.45) is 0 Å². The van der Waals surface area contributed by atoms with Gasteiger partial charge in [0, 0.05) is 0 Å². The summed E-state index contributed by atoms with van der Waals surface area (Å²) < 4.78 is 104. The van der Waals surface area contributed by atoms with Gasteiger partial charge in [-0.25, -0.2) is 22.0 Å². The summed E-state index contributed by atoms with van der Waals surface area (Å²) in [6.45, 7) is 0. The summed E-state index contributed by atoms with van der Waals surface area (Å²) in [7, 11) is 0. The highest BCUT2D eigenvalue weighted by molar-refractivity contribution is 9.10. The van der Waals surface area contributed by atoms with Gasteiger partial charge in [-0.3, -0.25) is 0 Å². The highest BCUT2D eigenvalue weighted by Gasteiger charge is 2.78. The summed E-state index contributed by atoms with van der Waals surface area (Å²) in [6.07, 6.45) is -2.80. The van der Waals surface area contributed by atoms with Crippen molar-refractivity contribution in [1.82, 2.24) is 0 Å². The van der Waals surface area contributed by atoms with E-state index in [1.54, 1.807) is 15.9 Å². The third-order valence-corrected chi connectivity index (χ3v) is 5.19. The first kappa shape index (κ1) is 22.4. The standard InChI is InChI=1S/C7H2Br3Cl2F9/c8-2(13,1-3(14,15)6(10,11)19)5(17,18)4(9,16)7(12,20)21/h1H2/t2-,4-,6-/m0/s1. The molecule has 0 bridgehead atoms. The predicted octanol–water partition coefficient (Wildman–Crippen LogP) is 6.86. The van der Waals surface area contributed by atoms with Crippen molar-refractivity contribution in [3.8, 4) is 0 Å². The van der Waals surface area contributed by atoms with Crippen molar-refractivity contribution in [3.63, 3.8) is 0 Å². The minimum atomic E-state index is -5.86. The molecule has 0 aromatic carbocycles. The molecular formula is C7H2Br3Cl2F9. The van der Waals surface area contributed by atoms with E-state index in [9.17, 15) is 39.5 Å². The van der Waals surface area contributed by atoms with Crippen LogP contribution in [0.25, 0.3) is 0 Å². The highest BCUT2D eigenvalue weighted by atomic mass is 79.9. The van der Waals surface area contributed by atoms with E-state index in [1.165, 1.54) is 31.9 Å². The molecule has 0 nitrogen and oxygen atoms in total. The molecule has 0 aliphatic carbocycles. The molecule has 0 saturated heterocycles. The zero-order valence-corrected chi connectivity index (χ0v) is 15.3. The van der Waals surface area contributed by atoms with Gasteiger partial charge in [-0.15, -0.1) is 0 Å². The lowest BCUT2D eigenvalue weighted by molar-refractivity contribution is -0.218. The Kier molecular flexibility index (Phi) is 6.43. The van der Waals surface area contributed by atoms with Gasteiger partial charge in [0.15, 0.2) is 0 Å². The molecule has 0 radical (unpaired) electrons. The van der Waals surface area contributed by atoms with Gasteiger partial charge in [0.25, 0.3) is 0 Å². The van der Waals surface area contributed by atoms with Gasteiger partial charge < -0.3 is 0 Å². The Hall–Kier alpha value is 1.39. The second kappa shape index (κ2) is 6.03. The summed E-state index contributed by atoms with van der Waals surface area (Å²) >= 11 is 12.6. The topological polar surface area (TPSA) is 0 Å². The Morgan fingerprint density at radius 1 is 0.714 bits per heavy atom. The molecule has 0 spiro atoms. The average Bonchev–Trinajstić information content (AvgIpc) is 2.11. The highest BCUT2D eigenvalue weighted by Crippen LogP contribution is 2.61. The van der Waals surface area contributed by atoms with Crippen LogP contribution in [-0.2, 0) is 0 Å². The van der Waals surface area contributed by atoms with Crippen LogP contribution in [0.2, 0.25) is 0 Å². The Labute approximate surface area is 147 Å². The fourth-order valence-corrected chi connectivity index (χ4v) is 2.43. The fraction of sp³-hybridized carbons (Fsp3) is 1.00. The van der Waals surface area contributed by atoms with E-state index >= 15 is 0 Å². The average molecular weight is 568 g/mol. The number of hydrogen-bond acceptors (Lipinski definition) is 0. The van der Waals surface area contributed by atoms with E-state index in [1.807, 2.05) is 0 Å². The molecule has 0 aromatic rings. The van der Waals surface area contributed by atoms with Crippen molar-refractivity contribution in [2.75, 3.05) is 0 Å². The molecule has 128 valence electrons. The van der Waals surface area contributed by atoms with E-state index < -0.39 is 36.8 Å². The summed E-state index contributed by atoms with van der Waals surface area (Å²) in [5.41, 5.74) is 0. The molecule has 0 rings (SSSR count). The van der Waals surface area contributed by atoms with Crippen LogP contribution in [0.3, 0.4) is 0 Å². The maximum absolute atomic E-state index is 13.7. The molecule has 0 fully saturated rings. The predicted molar refractivity (Wildman–Crippen MR) is 69.5 cm³/mol.